The predicted octanol–water partition coefficient (Wildman–Crippen LogP) is 3.84. The highest BCUT2D eigenvalue weighted by atomic mass is 35.5. The fraction of sp³-hybridized carbons (Fsp3) is 0.385. The molecule has 0 bridgehead atoms. The number of aryl methyl sites for hydroxylation is 1. The lowest BCUT2D eigenvalue weighted by atomic mass is 10.1. The molecule has 2 heteroatoms. The van der Waals surface area contributed by atoms with Crippen molar-refractivity contribution in [1.82, 2.24) is 4.90 Å². The van der Waals surface area contributed by atoms with Gasteiger partial charge in [0.05, 0.1) is 0 Å². The maximum atomic E-state index is 6.12. The first-order valence-electron chi connectivity index (χ1n) is 5.25. The van der Waals surface area contributed by atoms with Gasteiger partial charge in [-0.25, -0.2) is 0 Å². The van der Waals surface area contributed by atoms with Gasteiger partial charge in [0.1, 0.15) is 0 Å². The Morgan fingerprint density at radius 3 is 2.67 bits per heavy atom. The van der Waals surface area contributed by atoms with Gasteiger partial charge in [0.15, 0.2) is 0 Å². The van der Waals surface area contributed by atoms with Crippen molar-refractivity contribution >= 4 is 17.3 Å². The second-order valence-electron chi connectivity index (χ2n) is 4.43. The first-order valence-corrected chi connectivity index (χ1v) is 5.63. The lowest BCUT2D eigenvalue weighted by molar-refractivity contribution is 0.339. The molecule has 0 amide bonds. The van der Waals surface area contributed by atoms with Gasteiger partial charge >= 0.3 is 0 Å². The number of fused-ring (bicyclic) bond motifs is 1. The van der Waals surface area contributed by atoms with Crippen LogP contribution in [0.4, 0.5) is 0 Å². The first kappa shape index (κ1) is 10.6. The molecule has 0 aliphatic carbocycles. The SMILES string of the molecule is C=C1c2cc(C)c(Cl)cc2CN1C(C)C. The summed E-state index contributed by atoms with van der Waals surface area (Å²) >= 11 is 6.12. The molecular weight excluding hydrogens is 206 g/mol. The maximum absolute atomic E-state index is 6.12. The van der Waals surface area contributed by atoms with Crippen molar-refractivity contribution in [3.05, 3.63) is 40.4 Å². The molecule has 80 valence electrons. The summed E-state index contributed by atoms with van der Waals surface area (Å²) in [5.74, 6) is 0. The Bertz CT molecular complexity index is 421. The van der Waals surface area contributed by atoms with Crippen LogP contribution in [-0.2, 0) is 6.54 Å². The van der Waals surface area contributed by atoms with Crippen LogP contribution in [0.1, 0.15) is 30.5 Å². The van der Waals surface area contributed by atoms with Crippen molar-refractivity contribution < 1.29 is 0 Å². The maximum Gasteiger partial charge on any atom is 0.0439 e. The monoisotopic (exact) mass is 221 g/mol. The van der Waals surface area contributed by atoms with Crippen LogP contribution >= 0.6 is 11.6 Å². The smallest absolute Gasteiger partial charge is 0.0439 e. The molecular formula is C13H16ClN. The van der Waals surface area contributed by atoms with Crippen LogP contribution in [-0.4, -0.2) is 10.9 Å². The zero-order valence-electron chi connectivity index (χ0n) is 9.47. The summed E-state index contributed by atoms with van der Waals surface area (Å²) in [5.41, 5.74) is 4.80. The van der Waals surface area contributed by atoms with Crippen molar-refractivity contribution in [1.29, 1.82) is 0 Å². The Hall–Kier alpha value is -0.950. The summed E-state index contributed by atoms with van der Waals surface area (Å²) in [4.78, 5) is 2.31. The average Bonchev–Trinajstić information content (AvgIpc) is 2.46. The van der Waals surface area contributed by atoms with E-state index in [0.29, 0.717) is 6.04 Å². The minimum absolute atomic E-state index is 0.490. The number of rotatable bonds is 1. The number of hydrogen-bond acceptors (Lipinski definition) is 1. The Morgan fingerprint density at radius 1 is 1.40 bits per heavy atom. The number of benzene rings is 1. The van der Waals surface area contributed by atoms with E-state index in [1.54, 1.807) is 0 Å². The molecule has 0 aromatic heterocycles. The molecule has 1 aliphatic rings. The highest BCUT2D eigenvalue weighted by Crippen LogP contribution is 2.35. The average molecular weight is 222 g/mol. The van der Waals surface area contributed by atoms with E-state index in [9.17, 15) is 0 Å². The molecule has 1 aromatic rings. The molecule has 1 aromatic carbocycles. The molecule has 1 aliphatic heterocycles. The van der Waals surface area contributed by atoms with Crippen LogP contribution in [0.5, 0.6) is 0 Å². The molecule has 0 fully saturated rings. The summed E-state index contributed by atoms with van der Waals surface area (Å²) in [5, 5.41) is 0.854. The zero-order valence-corrected chi connectivity index (χ0v) is 10.2. The third-order valence-electron chi connectivity index (χ3n) is 3.01. The normalized spacial score (nSPS) is 15.0. The van der Waals surface area contributed by atoms with E-state index < -0.39 is 0 Å². The molecule has 1 nitrogen and oxygen atoms in total. The molecule has 0 atom stereocenters. The number of hydrogen-bond donors (Lipinski definition) is 0. The highest BCUT2D eigenvalue weighted by molar-refractivity contribution is 6.31. The first-order chi connectivity index (χ1) is 7.00. The quantitative estimate of drug-likeness (QED) is 0.697. The lowest BCUT2D eigenvalue weighted by Crippen LogP contribution is -2.23. The topological polar surface area (TPSA) is 3.24 Å². The summed E-state index contributed by atoms with van der Waals surface area (Å²) in [7, 11) is 0. The molecule has 0 unspecified atom stereocenters. The molecule has 0 saturated heterocycles. The van der Waals surface area contributed by atoms with Crippen molar-refractivity contribution in [2.75, 3.05) is 0 Å². The van der Waals surface area contributed by atoms with Crippen LogP contribution in [0.15, 0.2) is 18.7 Å². The van der Waals surface area contributed by atoms with Gasteiger partial charge in [-0.1, -0.05) is 18.2 Å². The summed E-state index contributed by atoms with van der Waals surface area (Å²) in [6.45, 7) is 11.5. The van der Waals surface area contributed by atoms with Gasteiger partial charge < -0.3 is 4.90 Å². The van der Waals surface area contributed by atoms with Crippen molar-refractivity contribution in [2.45, 2.75) is 33.4 Å². The van der Waals surface area contributed by atoms with Gasteiger partial charge in [0.25, 0.3) is 0 Å². The van der Waals surface area contributed by atoms with Crippen LogP contribution in [0, 0.1) is 6.92 Å². The Morgan fingerprint density at radius 2 is 2.07 bits per heavy atom. The molecule has 0 spiro atoms. The second-order valence-corrected chi connectivity index (χ2v) is 4.83. The molecule has 1 heterocycles. The van der Waals surface area contributed by atoms with E-state index >= 15 is 0 Å². The third kappa shape index (κ3) is 1.65. The van der Waals surface area contributed by atoms with Gasteiger partial charge in [-0.05, 0) is 44.0 Å². The summed E-state index contributed by atoms with van der Waals surface area (Å²) < 4.78 is 0. The van der Waals surface area contributed by atoms with Crippen LogP contribution < -0.4 is 0 Å². The highest BCUT2D eigenvalue weighted by Gasteiger charge is 2.24. The van der Waals surface area contributed by atoms with E-state index in [1.807, 2.05) is 6.92 Å². The van der Waals surface area contributed by atoms with Crippen LogP contribution in [0.2, 0.25) is 5.02 Å². The standard InChI is InChI=1S/C13H16ClN/c1-8(2)15-7-11-6-13(14)9(3)5-12(11)10(15)4/h5-6,8H,4,7H2,1-3H3. The molecule has 15 heavy (non-hydrogen) atoms. The third-order valence-corrected chi connectivity index (χ3v) is 3.41. The predicted molar refractivity (Wildman–Crippen MR) is 65.9 cm³/mol. The molecule has 0 radical (unpaired) electrons. The largest absolute Gasteiger partial charge is 0.365 e. The van der Waals surface area contributed by atoms with Crippen molar-refractivity contribution in [3.8, 4) is 0 Å². The van der Waals surface area contributed by atoms with E-state index in [4.69, 9.17) is 11.6 Å². The number of nitrogens with zero attached hydrogens (tertiary/aromatic N) is 1. The van der Waals surface area contributed by atoms with E-state index in [0.717, 1.165) is 22.8 Å². The lowest BCUT2D eigenvalue weighted by Gasteiger charge is -2.23. The second kappa shape index (κ2) is 3.57. The minimum Gasteiger partial charge on any atom is -0.365 e. The summed E-state index contributed by atoms with van der Waals surface area (Å²) in [6, 6.07) is 4.70. The zero-order chi connectivity index (χ0) is 11.2. The number of halogens is 1. The van der Waals surface area contributed by atoms with Gasteiger partial charge in [-0.3, -0.25) is 0 Å². The van der Waals surface area contributed by atoms with E-state index in [2.05, 4.69) is 37.5 Å². The van der Waals surface area contributed by atoms with E-state index in [-0.39, 0.29) is 0 Å². The fourth-order valence-electron chi connectivity index (χ4n) is 2.05. The van der Waals surface area contributed by atoms with E-state index in [1.165, 1.54) is 11.1 Å². The van der Waals surface area contributed by atoms with Gasteiger partial charge in [-0.2, -0.15) is 0 Å². The summed E-state index contributed by atoms with van der Waals surface area (Å²) in [6.07, 6.45) is 0. The molecule has 0 N–H and O–H groups in total. The van der Waals surface area contributed by atoms with Crippen LogP contribution in [0.25, 0.3) is 5.70 Å². The molecule has 0 saturated carbocycles. The molecule has 2 rings (SSSR count). The Balaban J connectivity index is 2.46. The fourth-order valence-corrected chi connectivity index (χ4v) is 2.24. The Kier molecular flexibility index (Phi) is 2.51. The van der Waals surface area contributed by atoms with Gasteiger partial charge in [-0.15, -0.1) is 0 Å². The van der Waals surface area contributed by atoms with Crippen molar-refractivity contribution in [3.63, 3.8) is 0 Å². The minimum atomic E-state index is 0.490. The van der Waals surface area contributed by atoms with Crippen LogP contribution in [0.3, 0.4) is 0 Å². The Labute approximate surface area is 96.4 Å². The van der Waals surface area contributed by atoms with Crippen molar-refractivity contribution in [2.24, 2.45) is 0 Å². The van der Waals surface area contributed by atoms with Gasteiger partial charge in [0, 0.05) is 28.9 Å². The van der Waals surface area contributed by atoms with Gasteiger partial charge in [0.2, 0.25) is 0 Å².